The lowest BCUT2D eigenvalue weighted by atomic mass is 10.2. The van der Waals surface area contributed by atoms with Crippen LogP contribution in [0, 0.1) is 0 Å². The summed E-state index contributed by atoms with van der Waals surface area (Å²) in [6.45, 7) is 3.38. The van der Waals surface area contributed by atoms with Gasteiger partial charge >= 0.3 is 0 Å². The first-order valence-corrected chi connectivity index (χ1v) is 3.73. The molecule has 0 saturated carbocycles. The first-order valence-electron chi connectivity index (χ1n) is 3.73. The topological polar surface area (TPSA) is 41.1 Å². The number of dihydropyridines is 1. The summed E-state index contributed by atoms with van der Waals surface area (Å²) in [6, 6.07) is 0. The van der Waals surface area contributed by atoms with E-state index < -0.39 is 0 Å². The number of rotatable bonds is 2. The maximum atomic E-state index is 11.1. The summed E-state index contributed by atoms with van der Waals surface area (Å²) in [5, 5.41) is 5.68. The molecule has 0 aromatic carbocycles. The van der Waals surface area contributed by atoms with Crippen LogP contribution < -0.4 is 10.6 Å². The van der Waals surface area contributed by atoms with E-state index in [1.807, 2.05) is 19.1 Å². The number of nitrogens with one attached hydrogen (secondary N) is 2. The maximum absolute atomic E-state index is 11.1. The predicted molar refractivity (Wildman–Crippen MR) is 51.2 cm³/mol. The highest BCUT2D eigenvalue weighted by Gasteiger charge is 2.05. The van der Waals surface area contributed by atoms with Gasteiger partial charge in [-0.1, -0.05) is 12.2 Å². The molecule has 1 heterocycles. The van der Waals surface area contributed by atoms with Crippen LogP contribution in [0.5, 0.6) is 0 Å². The normalized spacial score (nSPS) is 13.9. The Labute approximate surface area is 78.3 Å². The van der Waals surface area contributed by atoms with E-state index in [1.165, 1.54) is 0 Å². The Bertz CT molecular complexity index is 211. The Hall–Kier alpha value is -0.960. The quantitative estimate of drug-likeness (QED) is 0.666. The first-order chi connectivity index (χ1) is 5.34. The predicted octanol–water partition coefficient (Wildman–Crippen LogP) is 0.588. The highest BCUT2D eigenvalue weighted by molar-refractivity contribution is 5.96. The summed E-state index contributed by atoms with van der Waals surface area (Å²) in [5.41, 5.74) is 0.693. The van der Waals surface area contributed by atoms with Crippen molar-refractivity contribution in [2.45, 2.75) is 6.92 Å². The van der Waals surface area contributed by atoms with Crippen LogP contribution in [0.25, 0.3) is 0 Å². The van der Waals surface area contributed by atoms with Gasteiger partial charge in [0.2, 0.25) is 0 Å². The fraction of sp³-hybridized carbons (Fsp3) is 0.375. The molecular weight excluding hydrogens is 176 g/mol. The van der Waals surface area contributed by atoms with Crippen molar-refractivity contribution in [1.82, 2.24) is 10.6 Å². The van der Waals surface area contributed by atoms with Gasteiger partial charge in [0.15, 0.2) is 0 Å². The van der Waals surface area contributed by atoms with Crippen LogP contribution in [-0.2, 0) is 4.79 Å². The lowest BCUT2D eigenvalue weighted by Gasteiger charge is -2.07. The maximum Gasteiger partial charge on any atom is 0.252 e. The summed E-state index contributed by atoms with van der Waals surface area (Å²) >= 11 is 0. The molecule has 0 aromatic heterocycles. The van der Waals surface area contributed by atoms with E-state index in [9.17, 15) is 4.79 Å². The minimum Gasteiger partial charge on any atom is -0.387 e. The van der Waals surface area contributed by atoms with E-state index in [4.69, 9.17) is 0 Å². The van der Waals surface area contributed by atoms with Gasteiger partial charge in [-0.25, -0.2) is 0 Å². The van der Waals surface area contributed by atoms with Crippen LogP contribution in [0.15, 0.2) is 23.9 Å². The SMILES string of the molecule is CCNC(=O)C1=CNCC=C1.Cl. The highest BCUT2D eigenvalue weighted by atomic mass is 35.5. The summed E-state index contributed by atoms with van der Waals surface area (Å²) in [4.78, 5) is 11.1. The number of carbonyl (C=O) groups is 1. The Morgan fingerprint density at radius 1 is 1.75 bits per heavy atom. The summed E-state index contributed by atoms with van der Waals surface area (Å²) in [6.07, 6.45) is 5.47. The lowest BCUT2D eigenvalue weighted by Crippen LogP contribution is -2.26. The molecule has 0 aromatic rings. The molecule has 3 nitrogen and oxygen atoms in total. The molecule has 0 bridgehead atoms. The molecule has 2 N–H and O–H groups in total. The van der Waals surface area contributed by atoms with Crippen molar-refractivity contribution in [1.29, 1.82) is 0 Å². The van der Waals surface area contributed by atoms with E-state index in [0.29, 0.717) is 12.1 Å². The Morgan fingerprint density at radius 2 is 2.50 bits per heavy atom. The zero-order valence-corrected chi connectivity index (χ0v) is 7.78. The first kappa shape index (κ1) is 11.0. The van der Waals surface area contributed by atoms with Gasteiger partial charge in [-0.15, -0.1) is 12.4 Å². The molecule has 0 atom stereocenters. The second-order valence-electron chi connectivity index (χ2n) is 2.27. The molecule has 0 radical (unpaired) electrons. The number of halogens is 1. The second kappa shape index (κ2) is 5.66. The Morgan fingerprint density at radius 3 is 3.00 bits per heavy atom. The third-order valence-electron chi connectivity index (χ3n) is 1.39. The number of amides is 1. The van der Waals surface area contributed by atoms with Crippen molar-refractivity contribution >= 4 is 18.3 Å². The van der Waals surface area contributed by atoms with Gasteiger partial charge in [0, 0.05) is 19.3 Å². The third-order valence-corrected chi connectivity index (χ3v) is 1.39. The van der Waals surface area contributed by atoms with Crippen LogP contribution in [-0.4, -0.2) is 19.0 Å². The van der Waals surface area contributed by atoms with Crippen LogP contribution in [0.3, 0.4) is 0 Å². The molecule has 0 aliphatic carbocycles. The van der Waals surface area contributed by atoms with Crippen LogP contribution in [0.2, 0.25) is 0 Å². The van der Waals surface area contributed by atoms with Crippen molar-refractivity contribution in [3.63, 3.8) is 0 Å². The van der Waals surface area contributed by atoms with Crippen molar-refractivity contribution in [3.05, 3.63) is 23.9 Å². The molecule has 1 amide bonds. The fourth-order valence-corrected chi connectivity index (χ4v) is 0.875. The van der Waals surface area contributed by atoms with Gasteiger partial charge in [-0.3, -0.25) is 4.79 Å². The molecule has 12 heavy (non-hydrogen) atoms. The van der Waals surface area contributed by atoms with Gasteiger partial charge in [0.05, 0.1) is 5.57 Å². The van der Waals surface area contributed by atoms with E-state index in [1.54, 1.807) is 6.20 Å². The molecular formula is C8H13ClN2O. The zero-order valence-electron chi connectivity index (χ0n) is 6.96. The van der Waals surface area contributed by atoms with Crippen LogP contribution >= 0.6 is 12.4 Å². The van der Waals surface area contributed by atoms with Gasteiger partial charge in [0.1, 0.15) is 0 Å². The molecule has 0 unspecified atom stereocenters. The largest absolute Gasteiger partial charge is 0.387 e. The molecule has 1 aliphatic rings. The molecule has 0 fully saturated rings. The fourth-order valence-electron chi connectivity index (χ4n) is 0.875. The standard InChI is InChI=1S/C8H12N2O.ClH/c1-2-10-8(11)7-4-3-5-9-6-7;/h3-4,6,9H,2,5H2,1H3,(H,10,11);1H. The van der Waals surface area contributed by atoms with E-state index in [0.717, 1.165) is 6.54 Å². The molecule has 0 saturated heterocycles. The van der Waals surface area contributed by atoms with Crippen molar-refractivity contribution in [3.8, 4) is 0 Å². The second-order valence-corrected chi connectivity index (χ2v) is 2.27. The van der Waals surface area contributed by atoms with Gasteiger partial charge in [-0.05, 0) is 6.92 Å². The van der Waals surface area contributed by atoms with Crippen molar-refractivity contribution in [2.75, 3.05) is 13.1 Å². The van der Waals surface area contributed by atoms with E-state index in [2.05, 4.69) is 10.6 Å². The Balaban J connectivity index is 0.00000121. The van der Waals surface area contributed by atoms with Gasteiger partial charge < -0.3 is 10.6 Å². The van der Waals surface area contributed by atoms with Gasteiger partial charge in [-0.2, -0.15) is 0 Å². The highest BCUT2D eigenvalue weighted by Crippen LogP contribution is 1.98. The lowest BCUT2D eigenvalue weighted by molar-refractivity contribution is -0.117. The third kappa shape index (κ3) is 2.96. The average molecular weight is 189 g/mol. The van der Waals surface area contributed by atoms with Gasteiger partial charge in [0.25, 0.3) is 5.91 Å². The van der Waals surface area contributed by atoms with Crippen LogP contribution in [0.1, 0.15) is 6.92 Å². The number of likely N-dealkylation sites (N-methyl/N-ethyl adjacent to an activating group) is 1. The molecule has 68 valence electrons. The number of carbonyl (C=O) groups excluding carboxylic acids is 1. The number of hydrogen-bond acceptors (Lipinski definition) is 2. The molecule has 0 spiro atoms. The smallest absolute Gasteiger partial charge is 0.252 e. The molecule has 1 rings (SSSR count). The van der Waals surface area contributed by atoms with Crippen molar-refractivity contribution < 1.29 is 4.79 Å². The molecule has 4 heteroatoms. The minimum atomic E-state index is -0.0176. The minimum absolute atomic E-state index is 0. The van der Waals surface area contributed by atoms with E-state index >= 15 is 0 Å². The van der Waals surface area contributed by atoms with Crippen molar-refractivity contribution in [2.24, 2.45) is 0 Å². The average Bonchev–Trinajstić information content (AvgIpc) is 2.07. The zero-order chi connectivity index (χ0) is 8.10. The van der Waals surface area contributed by atoms with E-state index in [-0.39, 0.29) is 18.3 Å². The Kier molecular flexibility index (Phi) is 5.21. The number of hydrogen-bond donors (Lipinski definition) is 2. The summed E-state index contributed by atoms with van der Waals surface area (Å²) in [5.74, 6) is -0.0176. The monoisotopic (exact) mass is 188 g/mol. The summed E-state index contributed by atoms with van der Waals surface area (Å²) < 4.78 is 0. The summed E-state index contributed by atoms with van der Waals surface area (Å²) in [7, 11) is 0. The van der Waals surface area contributed by atoms with Crippen LogP contribution in [0.4, 0.5) is 0 Å². The molecule has 1 aliphatic heterocycles.